The van der Waals surface area contributed by atoms with Gasteiger partial charge >= 0.3 is 0 Å². The molecule has 0 unspecified atom stereocenters. The summed E-state index contributed by atoms with van der Waals surface area (Å²) in [5, 5.41) is 13.3. The lowest BCUT2D eigenvalue weighted by molar-refractivity contribution is -0.384. The topological polar surface area (TPSA) is 90.7 Å². The number of hydrogen-bond acceptors (Lipinski definition) is 5. The van der Waals surface area contributed by atoms with Gasteiger partial charge in [0.25, 0.3) is 5.69 Å². The molecule has 0 aliphatic heterocycles. The second kappa shape index (κ2) is 8.49. The van der Waals surface area contributed by atoms with E-state index in [9.17, 15) is 14.9 Å². The number of nitro groups is 1. The molecule has 1 amide bonds. The van der Waals surface area contributed by atoms with Crippen LogP contribution in [0.25, 0.3) is 6.08 Å². The normalized spacial score (nSPS) is 10.5. The summed E-state index contributed by atoms with van der Waals surface area (Å²) in [6.45, 7) is 0.285. The van der Waals surface area contributed by atoms with Gasteiger partial charge in [0.05, 0.1) is 19.1 Å². The maximum atomic E-state index is 11.9. The lowest BCUT2D eigenvalue weighted by Gasteiger charge is -2.07. The minimum absolute atomic E-state index is 0.0171. The van der Waals surface area contributed by atoms with Crippen LogP contribution in [0, 0.1) is 10.1 Å². The summed E-state index contributed by atoms with van der Waals surface area (Å²) in [6, 6.07) is 11.3. The molecule has 0 saturated heterocycles. The van der Waals surface area contributed by atoms with Crippen LogP contribution in [0.4, 0.5) is 5.69 Å². The van der Waals surface area contributed by atoms with Crippen molar-refractivity contribution in [1.29, 1.82) is 0 Å². The quantitative estimate of drug-likeness (QED) is 0.474. The Bertz CT molecular complexity index is 785. The molecule has 25 heavy (non-hydrogen) atoms. The van der Waals surface area contributed by atoms with Crippen molar-refractivity contribution in [3.8, 4) is 11.5 Å². The molecule has 1 N–H and O–H groups in total. The Labute approximate surface area is 145 Å². The summed E-state index contributed by atoms with van der Waals surface area (Å²) >= 11 is 0. The molecule has 7 nitrogen and oxygen atoms in total. The van der Waals surface area contributed by atoms with E-state index in [0.29, 0.717) is 11.5 Å². The van der Waals surface area contributed by atoms with Crippen LogP contribution in [-0.2, 0) is 11.3 Å². The van der Waals surface area contributed by atoms with E-state index in [1.165, 1.54) is 18.2 Å². The Morgan fingerprint density at radius 2 is 1.80 bits per heavy atom. The number of rotatable bonds is 7. The van der Waals surface area contributed by atoms with E-state index in [0.717, 1.165) is 11.1 Å². The number of methoxy groups -OCH3 is 2. The molecular weight excluding hydrogens is 324 g/mol. The van der Waals surface area contributed by atoms with Crippen molar-refractivity contribution < 1.29 is 19.2 Å². The number of ether oxygens (including phenoxy) is 2. The number of hydrogen-bond donors (Lipinski definition) is 1. The number of amides is 1. The van der Waals surface area contributed by atoms with Gasteiger partial charge in [0.15, 0.2) is 11.5 Å². The Balaban J connectivity index is 1.93. The average molecular weight is 342 g/mol. The van der Waals surface area contributed by atoms with Crippen molar-refractivity contribution in [2.45, 2.75) is 6.54 Å². The molecule has 0 spiro atoms. The third kappa shape index (κ3) is 5.07. The molecule has 0 aliphatic rings. The second-order valence-electron chi connectivity index (χ2n) is 5.09. The van der Waals surface area contributed by atoms with Gasteiger partial charge in [0, 0.05) is 24.8 Å². The maximum Gasteiger partial charge on any atom is 0.269 e. The average Bonchev–Trinajstić information content (AvgIpc) is 2.64. The lowest BCUT2D eigenvalue weighted by Crippen LogP contribution is -2.20. The highest BCUT2D eigenvalue weighted by molar-refractivity contribution is 5.91. The highest BCUT2D eigenvalue weighted by Gasteiger charge is 2.05. The van der Waals surface area contributed by atoms with Gasteiger partial charge in [-0.15, -0.1) is 0 Å². The first-order valence-electron chi connectivity index (χ1n) is 7.44. The molecule has 0 heterocycles. The molecular formula is C18H18N2O5. The minimum Gasteiger partial charge on any atom is -0.493 e. The van der Waals surface area contributed by atoms with Gasteiger partial charge in [-0.3, -0.25) is 14.9 Å². The highest BCUT2D eigenvalue weighted by Crippen LogP contribution is 2.27. The Morgan fingerprint density at radius 3 is 2.40 bits per heavy atom. The van der Waals surface area contributed by atoms with E-state index in [2.05, 4.69) is 5.32 Å². The van der Waals surface area contributed by atoms with E-state index in [1.54, 1.807) is 44.6 Å². The second-order valence-corrected chi connectivity index (χ2v) is 5.09. The fourth-order valence-electron chi connectivity index (χ4n) is 2.11. The third-order valence-corrected chi connectivity index (χ3v) is 3.45. The van der Waals surface area contributed by atoms with Crippen LogP contribution >= 0.6 is 0 Å². The monoisotopic (exact) mass is 342 g/mol. The SMILES string of the molecule is COc1ccc(C=CC(=O)NCc2ccc([N+](=O)[O-])cc2)cc1OC. The maximum absolute atomic E-state index is 11.9. The zero-order valence-corrected chi connectivity index (χ0v) is 13.9. The van der Waals surface area contributed by atoms with Crippen LogP contribution in [0.5, 0.6) is 11.5 Å². The van der Waals surface area contributed by atoms with Crippen LogP contribution in [0.3, 0.4) is 0 Å². The fourth-order valence-corrected chi connectivity index (χ4v) is 2.11. The highest BCUT2D eigenvalue weighted by atomic mass is 16.6. The third-order valence-electron chi connectivity index (χ3n) is 3.45. The van der Waals surface area contributed by atoms with E-state index in [1.807, 2.05) is 6.07 Å². The van der Waals surface area contributed by atoms with Crippen molar-refractivity contribution in [2.24, 2.45) is 0 Å². The molecule has 2 rings (SSSR count). The van der Waals surface area contributed by atoms with Crippen molar-refractivity contribution in [3.63, 3.8) is 0 Å². The summed E-state index contributed by atoms with van der Waals surface area (Å²) in [6.07, 6.45) is 3.07. The molecule has 0 aliphatic carbocycles. The van der Waals surface area contributed by atoms with Crippen molar-refractivity contribution in [2.75, 3.05) is 14.2 Å². The van der Waals surface area contributed by atoms with Crippen LogP contribution in [0.1, 0.15) is 11.1 Å². The van der Waals surface area contributed by atoms with Gasteiger partial charge in [-0.1, -0.05) is 18.2 Å². The summed E-state index contributed by atoms with van der Waals surface area (Å²) in [4.78, 5) is 22.0. The van der Waals surface area contributed by atoms with Gasteiger partial charge in [-0.25, -0.2) is 0 Å². The van der Waals surface area contributed by atoms with Gasteiger partial charge in [0.2, 0.25) is 5.91 Å². The summed E-state index contributed by atoms with van der Waals surface area (Å²) < 4.78 is 10.4. The number of benzene rings is 2. The Kier molecular flexibility index (Phi) is 6.11. The molecule has 0 fully saturated rings. The lowest BCUT2D eigenvalue weighted by atomic mass is 10.2. The number of nitro benzene ring substituents is 1. The first kappa shape index (κ1) is 18.0. The van der Waals surface area contributed by atoms with Crippen LogP contribution < -0.4 is 14.8 Å². The number of nitrogens with one attached hydrogen (secondary N) is 1. The molecule has 0 saturated carbocycles. The molecule has 0 bridgehead atoms. The zero-order chi connectivity index (χ0) is 18.2. The standard InChI is InChI=1S/C18H18N2O5/c1-24-16-9-5-13(11-17(16)25-2)6-10-18(21)19-12-14-3-7-15(8-4-14)20(22)23/h3-11H,12H2,1-2H3,(H,19,21). The molecule has 2 aromatic carbocycles. The number of nitrogens with zero attached hydrogens (tertiary/aromatic N) is 1. The Morgan fingerprint density at radius 1 is 1.12 bits per heavy atom. The molecule has 2 aromatic rings. The van der Waals surface area contributed by atoms with Gasteiger partial charge in [-0.2, -0.15) is 0 Å². The molecule has 0 radical (unpaired) electrons. The molecule has 0 atom stereocenters. The predicted molar refractivity (Wildman–Crippen MR) is 93.5 cm³/mol. The van der Waals surface area contributed by atoms with E-state index >= 15 is 0 Å². The van der Waals surface area contributed by atoms with E-state index in [4.69, 9.17) is 9.47 Å². The van der Waals surface area contributed by atoms with Crippen LogP contribution in [0.2, 0.25) is 0 Å². The van der Waals surface area contributed by atoms with E-state index < -0.39 is 4.92 Å². The summed E-state index contributed by atoms with van der Waals surface area (Å²) in [5.41, 5.74) is 1.59. The molecule has 7 heteroatoms. The molecule has 130 valence electrons. The largest absolute Gasteiger partial charge is 0.493 e. The van der Waals surface area contributed by atoms with Crippen molar-refractivity contribution >= 4 is 17.7 Å². The van der Waals surface area contributed by atoms with Gasteiger partial charge in [-0.05, 0) is 29.3 Å². The van der Waals surface area contributed by atoms with Crippen LogP contribution in [0.15, 0.2) is 48.5 Å². The predicted octanol–water partition coefficient (Wildman–Crippen LogP) is 2.94. The number of non-ortho nitro benzene ring substituents is 1. The van der Waals surface area contributed by atoms with Crippen molar-refractivity contribution in [1.82, 2.24) is 5.32 Å². The molecule has 0 aromatic heterocycles. The first-order chi connectivity index (χ1) is 12.0. The summed E-state index contributed by atoms with van der Waals surface area (Å²) in [7, 11) is 3.10. The zero-order valence-electron chi connectivity index (χ0n) is 13.9. The Hall–Kier alpha value is -3.35. The van der Waals surface area contributed by atoms with Crippen LogP contribution in [-0.4, -0.2) is 25.1 Å². The minimum atomic E-state index is -0.464. The smallest absolute Gasteiger partial charge is 0.269 e. The number of carbonyl (C=O) groups excluding carboxylic acids is 1. The van der Waals surface area contributed by atoms with Gasteiger partial charge < -0.3 is 14.8 Å². The summed E-state index contributed by atoms with van der Waals surface area (Å²) in [5.74, 6) is 0.923. The van der Waals surface area contributed by atoms with E-state index in [-0.39, 0.29) is 18.1 Å². The first-order valence-corrected chi connectivity index (χ1v) is 7.44. The number of carbonyl (C=O) groups is 1. The van der Waals surface area contributed by atoms with Crippen molar-refractivity contribution in [3.05, 3.63) is 69.8 Å². The fraction of sp³-hybridized carbons (Fsp3) is 0.167. The van der Waals surface area contributed by atoms with Gasteiger partial charge in [0.1, 0.15) is 0 Å².